The molecule has 0 atom stereocenters. The smallest absolute Gasteiger partial charge is 0.269 e. The number of nitrogens with zero attached hydrogens (tertiary/aromatic N) is 1. The quantitative estimate of drug-likeness (QED) is 0.598. The van der Waals surface area contributed by atoms with Crippen LogP contribution < -0.4 is 4.74 Å². The molecular formula is C8H7Cl2F2NO. The predicted molar refractivity (Wildman–Crippen MR) is 50.3 cm³/mol. The molecule has 14 heavy (non-hydrogen) atoms. The second-order valence-corrected chi connectivity index (χ2v) is 3.12. The maximum atomic E-state index is 12.6. The summed E-state index contributed by atoms with van der Waals surface area (Å²) >= 11 is 11.1. The van der Waals surface area contributed by atoms with Gasteiger partial charge in [0, 0.05) is 5.88 Å². The number of aromatic nitrogens is 1. The predicted octanol–water partition coefficient (Wildman–Crippen LogP) is 3.42. The minimum atomic E-state index is -2.68. The molecule has 1 rings (SSSR count). The standard InChI is InChI=1S/C8H7Cl2F2NO/c1-14-8-6(7(11)12)4(3-9)2-5(10)13-8/h2,7H,3H2,1H3. The van der Waals surface area contributed by atoms with Crippen LogP contribution in [0.3, 0.4) is 0 Å². The van der Waals surface area contributed by atoms with Gasteiger partial charge in [-0.2, -0.15) is 0 Å². The third-order valence-corrected chi connectivity index (χ3v) is 2.12. The normalized spacial score (nSPS) is 10.7. The molecule has 0 saturated carbocycles. The van der Waals surface area contributed by atoms with Crippen LogP contribution in [0.2, 0.25) is 5.15 Å². The molecule has 0 saturated heterocycles. The van der Waals surface area contributed by atoms with E-state index in [2.05, 4.69) is 4.98 Å². The molecule has 0 spiro atoms. The Morgan fingerprint density at radius 2 is 2.21 bits per heavy atom. The van der Waals surface area contributed by atoms with Gasteiger partial charge in [-0.3, -0.25) is 0 Å². The molecule has 6 heteroatoms. The van der Waals surface area contributed by atoms with Gasteiger partial charge in [0.05, 0.1) is 12.7 Å². The second kappa shape index (κ2) is 4.75. The summed E-state index contributed by atoms with van der Waals surface area (Å²) in [4.78, 5) is 3.63. The molecule has 0 amide bonds. The van der Waals surface area contributed by atoms with Crippen LogP contribution in [0, 0.1) is 0 Å². The minimum Gasteiger partial charge on any atom is -0.481 e. The molecule has 0 bridgehead atoms. The fraction of sp³-hybridized carbons (Fsp3) is 0.375. The zero-order valence-electron chi connectivity index (χ0n) is 7.23. The molecule has 2 nitrogen and oxygen atoms in total. The van der Waals surface area contributed by atoms with Gasteiger partial charge < -0.3 is 4.74 Å². The summed E-state index contributed by atoms with van der Waals surface area (Å²) in [6.45, 7) is 0. The molecule has 1 aromatic heterocycles. The van der Waals surface area contributed by atoms with Gasteiger partial charge in [-0.1, -0.05) is 11.6 Å². The zero-order valence-corrected chi connectivity index (χ0v) is 8.74. The number of ether oxygens (including phenoxy) is 1. The molecule has 1 aromatic rings. The van der Waals surface area contributed by atoms with Gasteiger partial charge in [-0.05, 0) is 11.6 Å². The first-order valence-corrected chi connectivity index (χ1v) is 4.58. The molecule has 0 aliphatic heterocycles. The number of hydrogen-bond acceptors (Lipinski definition) is 2. The van der Waals surface area contributed by atoms with Crippen molar-refractivity contribution in [1.82, 2.24) is 4.98 Å². The number of alkyl halides is 3. The summed E-state index contributed by atoms with van der Waals surface area (Å²) in [5, 5.41) is 0.0851. The number of pyridine rings is 1. The number of methoxy groups -OCH3 is 1. The van der Waals surface area contributed by atoms with Crippen molar-refractivity contribution < 1.29 is 13.5 Å². The zero-order chi connectivity index (χ0) is 10.7. The Morgan fingerprint density at radius 3 is 2.64 bits per heavy atom. The summed E-state index contributed by atoms with van der Waals surface area (Å²) < 4.78 is 29.8. The fourth-order valence-electron chi connectivity index (χ4n) is 1.05. The van der Waals surface area contributed by atoms with Gasteiger partial charge in [0.25, 0.3) is 6.43 Å². The topological polar surface area (TPSA) is 22.1 Å². The number of rotatable bonds is 3. The molecule has 0 fully saturated rings. The van der Waals surface area contributed by atoms with Crippen molar-refractivity contribution >= 4 is 23.2 Å². The summed E-state index contributed by atoms with van der Waals surface area (Å²) in [6.07, 6.45) is -2.68. The van der Waals surface area contributed by atoms with Crippen molar-refractivity contribution in [3.05, 3.63) is 22.3 Å². The lowest BCUT2D eigenvalue weighted by Gasteiger charge is -2.10. The maximum absolute atomic E-state index is 12.6. The number of hydrogen-bond donors (Lipinski definition) is 0. The Bertz CT molecular complexity index is 308. The van der Waals surface area contributed by atoms with Crippen LogP contribution in [-0.4, -0.2) is 12.1 Å². The van der Waals surface area contributed by atoms with E-state index in [0.717, 1.165) is 0 Å². The Labute approximate surface area is 89.8 Å². The molecule has 0 aromatic carbocycles. The van der Waals surface area contributed by atoms with E-state index in [9.17, 15) is 8.78 Å². The van der Waals surface area contributed by atoms with Gasteiger partial charge in [-0.25, -0.2) is 13.8 Å². The van der Waals surface area contributed by atoms with Gasteiger partial charge in [-0.15, -0.1) is 11.6 Å². The van der Waals surface area contributed by atoms with E-state index in [1.165, 1.54) is 13.2 Å². The van der Waals surface area contributed by atoms with E-state index in [1.807, 2.05) is 0 Å². The Hall–Kier alpha value is -0.610. The van der Waals surface area contributed by atoms with Crippen LogP contribution in [0.5, 0.6) is 5.88 Å². The van der Waals surface area contributed by atoms with Crippen LogP contribution >= 0.6 is 23.2 Å². The van der Waals surface area contributed by atoms with Crippen molar-refractivity contribution in [3.8, 4) is 5.88 Å². The van der Waals surface area contributed by atoms with E-state index in [4.69, 9.17) is 27.9 Å². The maximum Gasteiger partial charge on any atom is 0.269 e. The summed E-state index contributed by atoms with van der Waals surface area (Å²) in [6, 6.07) is 1.30. The van der Waals surface area contributed by atoms with Crippen molar-refractivity contribution in [2.45, 2.75) is 12.3 Å². The van der Waals surface area contributed by atoms with Crippen molar-refractivity contribution in [3.63, 3.8) is 0 Å². The van der Waals surface area contributed by atoms with Gasteiger partial charge in [0.15, 0.2) is 0 Å². The van der Waals surface area contributed by atoms with Crippen molar-refractivity contribution in [2.75, 3.05) is 7.11 Å². The van der Waals surface area contributed by atoms with E-state index in [1.54, 1.807) is 0 Å². The van der Waals surface area contributed by atoms with E-state index in [0.29, 0.717) is 0 Å². The highest BCUT2D eigenvalue weighted by molar-refractivity contribution is 6.29. The van der Waals surface area contributed by atoms with Crippen LogP contribution in [0.4, 0.5) is 8.78 Å². The first-order valence-electron chi connectivity index (χ1n) is 3.67. The molecule has 0 aliphatic carbocycles. The molecular weight excluding hydrogens is 235 g/mol. The lowest BCUT2D eigenvalue weighted by atomic mass is 10.1. The summed E-state index contributed by atoms with van der Waals surface area (Å²) in [5.74, 6) is -0.235. The first kappa shape index (κ1) is 11.5. The third-order valence-electron chi connectivity index (χ3n) is 1.63. The molecule has 0 radical (unpaired) electrons. The Balaban J connectivity index is 3.33. The molecule has 0 N–H and O–H groups in total. The highest BCUT2D eigenvalue weighted by Gasteiger charge is 2.20. The van der Waals surface area contributed by atoms with E-state index in [-0.39, 0.29) is 28.0 Å². The summed E-state index contributed by atoms with van der Waals surface area (Å²) in [7, 11) is 1.25. The van der Waals surface area contributed by atoms with Gasteiger partial charge in [0.1, 0.15) is 5.15 Å². The highest BCUT2D eigenvalue weighted by Crippen LogP contribution is 2.33. The fourth-order valence-corrected chi connectivity index (χ4v) is 1.48. The SMILES string of the molecule is COc1nc(Cl)cc(CCl)c1C(F)F. The van der Waals surface area contributed by atoms with Gasteiger partial charge in [0.2, 0.25) is 5.88 Å². The second-order valence-electron chi connectivity index (χ2n) is 2.46. The lowest BCUT2D eigenvalue weighted by Crippen LogP contribution is -2.00. The van der Waals surface area contributed by atoms with E-state index >= 15 is 0 Å². The molecule has 0 unspecified atom stereocenters. The molecule has 1 heterocycles. The lowest BCUT2D eigenvalue weighted by molar-refractivity contribution is 0.145. The van der Waals surface area contributed by atoms with Gasteiger partial charge >= 0.3 is 0 Å². The largest absolute Gasteiger partial charge is 0.481 e. The number of halogens is 4. The van der Waals surface area contributed by atoms with Crippen LogP contribution in [0.1, 0.15) is 17.6 Å². The average molecular weight is 242 g/mol. The third kappa shape index (κ3) is 2.25. The monoisotopic (exact) mass is 241 g/mol. The van der Waals surface area contributed by atoms with Crippen molar-refractivity contribution in [2.24, 2.45) is 0 Å². The van der Waals surface area contributed by atoms with E-state index < -0.39 is 6.43 Å². The van der Waals surface area contributed by atoms with Crippen LogP contribution in [-0.2, 0) is 5.88 Å². The molecule has 78 valence electrons. The Kier molecular flexibility index (Phi) is 3.89. The Morgan fingerprint density at radius 1 is 1.57 bits per heavy atom. The first-order chi connectivity index (χ1) is 6.60. The van der Waals surface area contributed by atoms with Crippen LogP contribution in [0.25, 0.3) is 0 Å². The highest BCUT2D eigenvalue weighted by atomic mass is 35.5. The molecule has 0 aliphatic rings. The van der Waals surface area contributed by atoms with Crippen LogP contribution in [0.15, 0.2) is 6.07 Å². The van der Waals surface area contributed by atoms with Crippen molar-refractivity contribution in [1.29, 1.82) is 0 Å². The summed E-state index contributed by atoms with van der Waals surface area (Å²) in [5.41, 5.74) is -0.0644. The average Bonchev–Trinajstić information content (AvgIpc) is 2.15. The minimum absolute atomic E-state index is 0.0573.